The van der Waals surface area contributed by atoms with Crippen LogP contribution in [0.5, 0.6) is 0 Å². The van der Waals surface area contributed by atoms with Crippen molar-refractivity contribution in [3.8, 4) is 0 Å². The Morgan fingerprint density at radius 2 is 2.31 bits per heavy atom. The first-order valence-electron chi connectivity index (χ1n) is 4.25. The van der Waals surface area contributed by atoms with Crippen LogP contribution in [0.4, 0.5) is 0 Å². The fraction of sp³-hybridized carbons (Fsp3) is 0.875. The summed E-state index contributed by atoms with van der Waals surface area (Å²) >= 11 is 5.47. The van der Waals surface area contributed by atoms with Crippen LogP contribution < -0.4 is 10.6 Å². The number of hydrogen-bond acceptors (Lipinski definition) is 3. The molecule has 4 nitrogen and oxygen atoms in total. The molecule has 78 valence electrons. The van der Waals surface area contributed by atoms with Crippen LogP contribution in [0.25, 0.3) is 0 Å². The topological polar surface area (TPSA) is 50.4 Å². The number of amides is 1. The largest absolute Gasteiger partial charge is 0.364 e. The third-order valence-corrected chi connectivity index (χ3v) is 1.75. The number of ether oxygens (including phenoxy) is 1. The van der Waals surface area contributed by atoms with E-state index in [1.54, 1.807) is 0 Å². The Hall–Kier alpha value is -0.320. The maximum absolute atomic E-state index is 11.2. The normalized spacial score (nSPS) is 12.5. The number of methoxy groups -OCH3 is 1. The van der Waals surface area contributed by atoms with Crippen molar-refractivity contribution >= 4 is 17.5 Å². The van der Waals surface area contributed by atoms with Gasteiger partial charge in [-0.1, -0.05) is 6.92 Å². The second-order valence-electron chi connectivity index (χ2n) is 2.77. The van der Waals surface area contributed by atoms with Gasteiger partial charge in [-0.05, 0) is 0 Å². The van der Waals surface area contributed by atoms with E-state index >= 15 is 0 Å². The van der Waals surface area contributed by atoms with Crippen molar-refractivity contribution in [1.29, 1.82) is 0 Å². The van der Waals surface area contributed by atoms with Gasteiger partial charge in [0.2, 0.25) is 5.91 Å². The van der Waals surface area contributed by atoms with Crippen molar-refractivity contribution in [3.63, 3.8) is 0 Å². The Morgan fingerprint density at radius 3 is 2.85 bits per heavy atom. The smallest absolute Gasteiger partial charge is 0.225 e. The molecule has 0 heterocycles. The number of carbonyl (C=O) groups excluding carboxylic acids is 1. The van der Waals surface area contributed by atoms with Crippen molar-refractivity contribution in [2.45, 2.75) is 6.92 Å². The molecule has 0 saturated carbocycles. The van der Waals surface area contributed by atoms with E-state index < -0.39 is 0 Å². The minimum absolute atomic E-state index is 0.0103. The molecule has 0 spiro atoms. The number of rotatable bonds is 7. The predicted octanol–water partition coefficient (Wildman–Crippen LogP) is 0.171. The monoisotopic (exact) mass is 208 g/mol. The van der Waals surface area contributed by atoms with Crippen LogP contribution in [0.1, 0.15) is 6.92 Å². The van der Waals surface area contributed by atoms with E-state index in [0.717, 1.165) is 6.54 Å². The van der Waals surface area contributed by atoms with Gasteiger partial charge in [-0.3, -0.25) is 4.79 Å². The fourth-order valence-electron chi connectivity index (χ4n) is 0.796. The summed E-state index contributed by atoms with van der Waals surface area (Å²) in [5, 5.41) is 5.68. The maximum atomic E-state index is 11.2. The van der Waals surface area contributed by atoms with Gasteiger partial charge in [0.05, 0.1) is 0 Å². The van der Waals surface area contributed by atoms with E-state index in [-0.39, 0.29) is 18.6 Å². The molecule has 0 aliphatic carbocycles. The SMILES string of the molecule is COCNC(=O)C(C)CNCCCl. The van der Waals surface area contributed by atoms with E-state index in [9.17, 15) is 4.79 Å². The summed E-state index contributed by atoms with van der Waals surface area (Å²) in [6.07, 6.45) is 0. The highest BCUT2D eigenvalue weighted by molar-refractivity contribution is 6.18. The first kappa shape index (κ1) is 12.7. The Morgan fingerprint density at radius 1 is 1.62 bits per heavy atom. The lowest BCUT2D eigenvalue weighted by Crippen LogP contribution is -2.36. The quantitative estimate of drug-likeness (QED) is 0.356. The van der Waals surface area contributed by atoms with Crippen LogP contribution in [0, 0.1) is 5.92 Å². The lowest BCUT2D eigenvalue weighted by atomic mass is 10.1. The zero-order valence-corrected chi connectivity index (χ0v) is 8.86. The van der Waals surface area contributed by atoms with Gasteiger partial charge in [-0.2, -0.15) is 0 Å². The van der Waals surface area contributed by atoms with Gasteiger partial charge >= 0.3 is 0 Å². The third-order valence-electron chi connectivity index (χ3n) is 1.56. The standard InChI is InChI=1S/C8H17ClN2O2/c1-7(5-10-4-3-9)8(12)11-6-13-2/h7,10H,3-6H2,1-2H3,(H,11,12). The van der Waals surface area contributed by atoms with Gasteiger partial charge in [0.25, 0.3) is 0 Å². The molecule has 1 amide bonds. The molecule has 13 heavy (non-hydrogen) atoms. The number of alkyl halides is 1. The molecule has 2 N–H and O–H groups in total. The minimum atomic E-state index is -0.0571. The minimum Gasteiger partial charge on any atom is -0.364 e. The number of hydrogen-bond donors (Lipinski definition) is 2. The average Bonchev–Trinajstić information content (AvgIpc) is 2.14. The van der Waals surface area contributed by atoms with Crippen LogP contribution in [0.3, 0.4) is 0 Å². The molecule has 5 heteroatoms. The molecular formula is C8H17ClN2O2. The van der Waals surface area contributed by atoms with Gasteiger partial charge in [-0.25, -0.2) is 0 Å². The summed E-state index contributed by atoms with van der Waals surface area (Å²) in [6, 6.07) is 0. The summed E-state index contributed by atoms with van der Waals surface area (Å²) < 4.78 is 4.71. The van der Waals surface area contributed by atoms with Crippen LogP contribution in [0.15, 0.2) is 0 Å². The van der Waals surface area contributed by atoms with Gasteiger partial charge in [-0.15, -0.1) is 11.6 Å². The predicted molar refractivity (Wildman–Crippen MR) is 52.8 cm³/mol. The highest BCUT2D eigenvalue weighted by Crippen LogP contribution is 1.91. The van der Waals surface area contributed by atoms with E-state index in [1.165, 1.54) is 7.11 Å². The average molecular weight is 209 g/mol. The Kier molecular flexibility index (Phi) is 8.08. The molecule has 0 aromatic carbocycles. The number of nitrogens with one attached hydrogen (secondary N) is 2. The Labute approximate surface area is 84.0 Å². The van der Waals surface area contributed by atoms with Crippen LogP contribution in [-0.4, -0.2) is 38.7 Å². The van der Waals surface area contributed by atoms with Gasteiger partial charge in [0.1, 0.15) is 6.73 Å². The molecule has 0 aliphatic heterocycles. The molecule has 0 aromatic heterocycles. The lowest BCUT2D eigenvalue weighted by Gasteiger charge is -2.11. The number of carbonyl (C=O) groups is 1. The van der Waals surface area contributed by atoms with E-state index in [0.29, 0.717) is 12.4 Å². The van der Waals surface area contributed by atoms with Crippen molar-refractivity contribution in [2.24, 2.45) is 5.92 Å². The molecule has 0 aliphatic rings. The van der Waals surface area contributed by atoms with Gasteiger partial charge in [0, 0.05) is 32.0 Å². The molecule has 0 saturated heterocycles. The number of halogens is 1. The third kappa shape index (κ3) is 6.81. The van der Waals surface area contributed by atoms with Crippen molar-refractivity contribution < 1.29 is 9.53 Å². The molecule has 0 radical (unpaired) electrons. The van der Waals surface area contributed by atoms with E-state index in [1.807, 2.05) is 6.92 Å². The second kappa shape index (κ2) is 8.29. The molecule has 0 rings (SSSR count). The zero-order valence-electron chi connectivity index (χ0n) is 8.10. The van der Waals surface area contributed by atoms with Crippen LogP contribution in [0.2, 0.25) is 0 Å². The molecule has 0 bridgehead atoms. The van der Waals surface area contributed by atoms with E-state index in [4.69, 9.17) is 16.3 Å². The van der Waals surface area contributed by atoms with E-state index in [2.05, 4.69) is 10.6 Å². The summed E-state index contributed by atoms with van der Waals surface area (Å²) in [6.45, 7) is 3.48. The highest BCUT2D eigenvalue weighted by atomic mass is 35.5. The summed E-state index contributed by atoms with van der Waals surface area (Å²) in [5.74, 6) is 0.495. The highest BCUT2D eigenvalue weighted by Gasteiger charge is 2.10. The summed E-state index contributed by atoms with van der Waals surface area (Å²) in [4.78, 5) is 11.2. The van der Waals surface area contributed by atoms with Crippen molar-refractivity contribution in [2.75, 3.05) is 32.8 Å². The van der Waals surface area contributed by atoms with Gasteiger partial charge < -0.3 is 15.4 Å². The molecule has 1 atom stereocenters. The molecular weight excluding hydrogens is 192 g/mol. The van der Waals surface area contributed by atoms with Crippen LogP contribution in [-0.2, 0) is 9.53 Å². The van der Waals surface area contributed by atoms with Crippen molar-refractivity contribution in [3.05, 3.63) is 0 Å². The van der Waals surface area contributed by atoms with Crippen molar-refractivity contribution in [1.82, 2.24) is 10.6 Å². The molecule has 0 aromatic rings. The zero-order chi connectivity index (χ0) is 10.1. The Bertz CT molecular complexity index is 144. The first-order valence-corrected chi connectivity index (χ1v) is 4.79. The molecule has 0 fully saturated rings. The Balaban J connectivity index is 3.45. The first-order chi connectivity index (χ1) is 6.22. The summed E-state index contributed by atoms with van der Waals surface area (Å²) in [5.41, 5.74) is 0. The fourth-order valence-corrected chi connectivity index (χ4v) is 0.929. The second-order valence-corrected chi connectivity index (χ2v) is 3.15. The van der Waals surface area contributed by atoms with Gasteiger partial charge in [0.15, 0.2) is 0 Å². The molecule has 1 unspecified atom stereocenters. The maximum Gasteiger partial charge on any atom is 0.225 e. The van der Waals surface area contributed by atoms with Crippen LogP contribution >= 0.6 is 11.6 Å². The lowest BCUT2D eigenvalue weighted by molar-refractivity contribution is -0.125. The summed E-state index contributed by atoms with van der Waals surface area (Å²) in [7, 11) is 1.54.